The van der Waals surface area contributed by atoms with Crippen LogP contribution >= 0.6 is 0 Å². The normalized spacial score (nSPS) is 10.2. The first-order chi connectivity index (χ1) is 11.0. The van der Waals surface area contributed by atoms with Crippen molar-refractivity contribution in [2.24, 2.45) is 5.73 Å². The molecular formula is C15H18N4O4. The van der Waals surface area contributed by atoms with E-state index in [1.807, 2.05) is 6.92 Å². The molecule has 0 atom stereocenters. The zero-order valence-corrected chi connectivity index (χ0v) is 13.1. The summed E-state index contributed by atoms with van der Waals surface area (Å²) in [6, 6.07) is 4.94. The maximum atomic E-state index is 12.5. The third kappa shape index (κ3) is 3.10. The Morgan fingerprint density at radius 3 is 2.61 bits per heavy atom. The fourth-order valence-electron chi connectivity index (χ4n) is 2.23. The van der Waals surface area contributed by atoms with Gasteiger partial charge in [-0.2, -0.15) is 5.10 Å². The predicted octanol–water partition coefficient (Wildman–Crippen LogP) is 1.27. The Morgan fingerprint density at radius 2 is 2.04 bits per heavy atom. The summed E-state index contributed by atoms with van der Waals surface area (Å²) in [5.74, 6) is -0.397. The molecule has 0 saturated heterocycles. The van der Waals surface area contributed by atoms with Crippen molar-refractivity contribution >= 4 is 17.5 Å². The highest BCUT2D eigenvalue weighted by Gasteiger charge is 2.21. The number of nitrogens with two attached hydrogens (primary N) is 1. The lowest BCUT2D eigenvalue weighted by molar-refractivity contribution is 0.0991. The Kier molecular flexibility index (Phi) is 4.85. The number of aryl methyl sites for hydroxylation is 1. The number of ether oxygens (including phenoxy) is 2. The number of benzene rings is 1. The van der Waals surface area contributed by atoms with Gasteiger partial charge in [0.05, 0.1) is 31.7 Å². The molecule has 8 nitrogen and oxygen atoms in total. The van der Waals surface area contributed by atoms with Crippen LogP contribution in [-0.2, 0) is 6.54 Å². The van der Waals surface area contributed by atoms with Crippen LogP contribution < -0.4 is 20.5 Å². The Labute approximate surface area is 133 Å². The van der Waals surface area contributed by atoms with Crippen LogP contribution in [0, 0.1) is 0 Å². The summed E-state index contributed by atoms with van der Waals surface area (Å²) in [5, 5.41) is 6.65. The number of primary amides is 1. The van der Waals surface area contributed by atoms with Gasteiger partial charge in [0, 0.05) is 6.54 Å². The molecular weight excluding hydrogens is 300 g/mol. The van der Waals surface area contributed by atoms with E-state index in [0.717, 1.165) is 0 Å². The number of aromatic nitrogens is 2. The number of carbonyl (C=O) groups excluding carboxylic acids is 2. The number of hydrogen-bond donors (Lipinski definition) is 2. The fourth-order valence-corrected chi connectivity index (χ4v) is 2.23. The third-order valence-corrected chi connectivity index (χ3v) is 3.27. The molecule has 2 aromatic rings. The summed E-state index contributed by atoms with van der Waals surface area (Å²) in [4.78, 5) is 24.1. The second-order valence-corrected chi connectivity index (χ2v) is 4.58. The summed E-state index contributed by atoms with van der Waals surface area (Å²) in [5.41, 5.74) is 6.01. The molecule has 1 aromatic carbocycles. The summed E-state index contributed by atoms with van der Waals surface area (Å²) >= 11 is 0. The van der Waals surface area contributed by atoms with Gasteiger partial charge in [-0.15, -0.1) is 0 Å². The molecule has 8 heteroatoms. The van der Waals surface area contributed by atoms with Gasteiger partial charge in [0.25, 0.3) is 11.8 Å². The van der Waals surface area contributed by atoms with E-state index in [4.69, 9.17) is 15.2 Å². The number of amides is 2. The fraction of sp³-hybridized carbons (Fsp3) is 0.267. The molecule has 0 bridgehead atoms. The van der Waals surface area contributed by atoms with E-state index in [-0.39, 0.29) is 16.9 Å². The highest BCUT2D eigenvalue weighted by Crippen LogP contribution is 2.31. The Bertz CT molecular complexity index is 739. The highest BCUT2D eigenvalue weighted by atomic mass is 16.5. The van der Waals surface area contributed by atoms with Crippen LogP contribution in [0.2, 0.25) is 0 Å². The summed E-state index contributed by atoms with van der Waals surface area (Å²) in [6.07, 6.45) is 1.38. The summed E-state index contributed by atoms with van der Waals surface area (Å²) in [6.45, 7) is 2.27. The molecule has 2 rings (SSSR count). The first-order valence-corrected chi connectivity index (χ1v) is 6.91. The molecule has 0 aliphatic rings. The number of para-hydroxylation sites is 1. The van der Waals surface area contributed by atoms with Crippen molar-refractivity contribution in [1.82, 2.24) is 9.78 Å². The molecule has 1 aromatic heterocycles. The number of hydrogen-bond acceptors (Lipinski definition) is 5. The number of nitrogens with zero attached hydrogens (tertiary/aromatic N) is 2. The molecule has 0 radical (unpaired) electrons. The molecule has 0 saturated carbocycles. The van der Waals surface area contributed by atoms with E-state index >= 15 is 0 Å². The molecule has 3 N–H and O–H groups in total. The maximum absolute atomic E-state index is 12.5. The zero-order chi connectivity index (χ0) is 17.0. The van der Waals surface area contributed by atoms with Gasteiger partial charge >= 0.3 is 0 Å². The quantitative estimate of drug-likeness (QED) is 0.834. The highest BCUT2D eigenvalue weighted by molar-refractivity contribution is 6.09. The average molecular weight is 318 g/mol. The largest absolute Gasteiger partial charge is 0.493 e. The first kappa shape index (κ1) is 16.3. The van der Waals surface area contributed by atoms with E-state index in [1.165, 1.54) is 25.1 Å². The maximum Gasteiger partial charge on any atom is 0.269 e. The smallest absolute Gasteiger partial charge is 0.269 e. The lowest BCUT2D eigenvalue weighted by Gasteiger charge is -2.12. The molecule has 0 unspecified atom stereocenters. The monoisotopic (exact) mass is 318 g/mol. The first-order valence-electron chi connectivity index (χ1n) is 6.91. The van der Waals surface area contributed by atoms with Gasteiger partial charge < -0.3 is 20.5 Å². The van der Waals surface area contributed by atoms with Crippen LogP contribution in [-0.4, -0.2) is 35.8 Å². The summed E-state index contributed by atoms with van der Waals surface area (Å²) in [7, 11) is 2.93. The molecule has 1 heterocycles. The SMILES string of the molecule is CCn1ncc(NC(=O)c2cccc(OC)c2OC)c1C(N)=O. The van der Waals surface area contributed by atoms with Crippen molar-refractivity contribution in [1.29, 1.82) is 0 Å². The van der Waals surface area contributed by atoms with E-state index < -0.39 is 11.8 Å². The van der Waals surface area contributed by atoms with Gasteiger partial charge in [0.15, 0.2) is 11.5 Å². The van der Waals surface area contributed by atoms with Crippen molar-refractivity contribution < 1.29 is 19.1 Å². The second-order valence-electron chi connectivity index (χ2n) is 4.58. The van der Waals surface area contributed by atoms with Gasteiger partial charge in [-0.1, -0.05) is 6.07 Å². The van der Waals surface area contributed by atoms with Gasteiger partial charge in [-0.3, -0.25) is 14.3 Å². The van der Waals surface area contributed by atoms with E-state index in [9.17, 15) is 9.59 Å². The van der Waals surface area contributed by atoms with Crippen molar-refractivity contribution in [2.45, 2.75) is 13.5 Å². The minimum atomic E-state index is -0.669. The second kappa shape index (κ2) is 6.82. The molecule has 122 valence electrons. The van der Waals surface area contributed by atoms with Crippen LogP contribution in [0.15, 0.2) is 24.4 Å². The number of nitrogens with one attached hydrogen (secondary N) is 1. The Balaban J connectivity index is 2.37. The van der Waals surface area contributed by atoms with Crippen molar-refractivity contribution in [2.75, 3.05) is 19.5 Å². The van der Waals surface area contributed by atoms with E-state index in [0.29, 0.717) is 18.0 Å². The Hall–Kier alpha value is -3.03. The van der Waals surface area contributed by atoms with E-state index in [1.54, 1.807) is 18.2 Å². The van der Waals surface area contributed by atoms with Gasteiger partial charge in [0.1, 0.15) is 5.69 Å². The third-order valence-electron chi connectivity index (χ3n) is 3.27. The van der Waals surface area contributed by atoms with E-state index in [2.05, 4.69) is 10.4 Å². The number of carbonyl (C=O) groups is 2. The molecule has 23 heavy (non-hydrogen) atoms. The number of rotatable bonds is 6. The Morgan fingerprint density at radius 1 is 1.30 bits per heavy atom. The summed E-state index contributed by atoms with van der Waals surface area (Å²) < 4.78 is 11.8. The number of methoxy groups -OCH3 is 2. The lowest BCUT2D eigenvalue weighted by atomic mass is 10.1. The minimum absolute atomic E-state index is 0.141. The zero-order valence-electron chi connectivity index (χ0n) is 13.1. The average Bonchev–Trinajstić information content (AvgIpc) is 2.96. The standard InChI is InChI=1S/C15H18N4O4/c1-4-19-12(14(16)20)10(8-17-19)18-15(21)9-6-5-7-11(22-2)13(9)23-3/h5-8H,4H2,1-3H3,(H2,16,20)(H,18,21). The van der Waals surface area contributed by atoms with Crippen LogP contribution in [0.3, 0.4) is 0 Å². The van der Waals surface area contributed by atoms with Gasteiger partial charge in [-0.25, -0.2) is 0 Å². The molecule has 0 spiro atoms. The van der Waals surface area contributed by atoms with Crippen molar-refractivity contribution in [3.63, 3.8) is 0 Å². The lowest BCUT2D eigenvalue weighted by Crippen LogP contribution is -2.21. The van der Waals surface area contributed by atoms with Crippen LogP contribution in [0.4, 0.5) is 5.69 Å². The van der Waals surface area contributed by atoms with Crippen LogP contribution in [0.5, 0.6) is 11.5 Å². The molecule has 2 amide bonds. The van der Waals surface area contributed by atoms with Gasteiger partial charge in [0.2, 0.25) is 0 Å². The van der Waals surface area contributed by atoms with Crippen LogP contribution in [0.25, 0.3) is 0 Å². The van der Waals surface area contributed by atoms with Crippen molar-refractivity contribution in [3.05, 3.63) is 35.7 Å². The van der Waals surface area contributed by atoms with Crippen molar-refractivity contribution in [3.8, 4) is 11.5 Å². The number of anilines is 1. The topological polar surface area (TPSA) is 108 Å². The molecule has 0 aliphatic heterocycles. The predicted molar refractivity (Wildman–Crippen MR) is 83.9 cm³/mol. The minimum Gasteiger partial charge on any atom is -0.493 e. The molecule has 0 fully saturated rings. The van der Waals surface area contributed by atoms with Gasteiger partial charge in [-0.05, 0) is 19.1 Å². The van der Waals surface area contributed by atoms with Crippen LogP contribution in [0.1, 0.15) is 27.8 Å². The molecule has 0 aliphatic carbocycles.